The normalized spacial score (nSPS) is 11.8. The maximum Gasteiger partial charge on any atom is 0.179 e. The molecule has 0 saturated heterocycles. The largest absolute Gasteiger partial charge is 0.309 e. The van der Waals surface area contributed by atoms with E-state index in [-0.39, 0.29) is 0 Å². The Bertz CT molecular complexity index is 3840. The van der Waals surface area contributed by atoms with Crippen molar-refractivity contribution in [1.82, 2.24) is 19.1 Å². The van der Waals surface area contributed by atoms with E-state index in [1.54, 1.807) is 0 Å². The van der Waals surface area contributed by atoms with Crippen LogP contribution in [0.5, 0.6) is 0 Å². The van der Waals surface area contributed by atoms with Gasteiger partial charge in [-0.25, -0.2) is 9.97 Å². The first kappa shape index (κ1) is 40.4. The van der Waals surface area contributed by atoms with Crippen molar-refractivity contribution >= 4 is 72.4 Å². The number of nitrogens with zero attached hydrogens (tertiary/aromatic N) is 4. The third-order valence-corrected chi connectivity index (χ3v) is 18.7. The van der Waals surface area contributed by atoms with Crippen LogP contribution in [0.1, 0.15) is 0 Å². The summed E-state index contributed by atoms with van der Waals surface area (Å²) in [6.07, 6.45) is 0. The van der Waals surface area contributed by atoms with Crippen LogP contribution >= 0.6 is 0 Å². The number of rotatable bonds is 9. The van der Waals surface area contributed by atoms with E-state index >= 15 is 0 Å². The van der Waals surface area contributed by atoms with Gasteiger partial charge in [0.1, 0.15) is 5.82 Å². The molecule has 3 aromatic heterocycles. The molecule has 4 nitrogen and oxygen atoms in total. The molecule has 0 radical (unpaired) electrons. The fourth-order valence-corrected chi connectivity index (χ4v) is 15.5. The minimum atomic E-state index is -2.74. The van der Waals surface area contributed by atoms with Crippen molar-refractivity contribution in [3.63, 3.8) is 0 Å². The van der Waals surface area contributed by atoms with Crippen LogP contribution in [0.2, 0.25) is 0 Å². The number of para-hydroxylation sites is 3. The lowest BCUT2D eigenvalue weighted by atomic mass is 10.0. The molecule has 0 spiro atoms. The fourth-order valence-electron chi connectivity index (χ4n) is 10.8. The van der Waals surface area contributed by atoms with Gasteiger partial charge in [0.05, 0.1) is 27.8 Å². The van der Waals surface area contributed by atoms with Gasteiger partial charge >= 0.3 is 0 Å². The van der Waals surface area contributed by atoms with E-state index in [4.69, 9.17) is 9.97 Å². The Kier molecular flexibility index (Phi) is 9.81. The van der Waals surface area contributed by atoms with Crippen LogP contribution in [0.25, 0.3) is 88.9 Å². The molecule has 13 rings (SSSR count). The summed E-state index contributed by atoms with van der Waals surface area (Å²) < 4.78 is 4.72. The predicted octanol–water partition coefficient (Wildman–Crippen LogP) is 13.0. The van der Waals surface area contributed by atoms with Crippen molar-refractivity contribution in [2.75, 3.05) is 0 Å². The number of benzene rings is 10. The van der Waals surface area contributed by atoms with Crippen LogP contribution in [0.3, 0.4) is 0 Å². The summed E-state index contributed by atoms with van der Waals surface area (Å²) in [6, 6.07) is 96.7. The second-order valence-electron chi connectivity index (χ2n) is 17.7. The maximum atomic E-state index is 5.53. The highest BCUT2D eigenvalue weighted by Crippen LogP contribution is 2.38. The zero-order chi connectivity index (χ0) is 45.7. The molecule has 0 aliphatic carbocycles. The summed E-state index contributed by atoms with van der Waals surface area (Å²) in [5.41, 5.74) is 10.8. The molecule has 0 atom stereocenters. The first-order chi connectivity index (χ1) is 34.2. The smallest absolute Gasteiger partial charge is 0.179 e. The third kappa shape index (κ3) is 6.74. The number of aromatic nitrogens is 4. The minimum absolute atomic E-state index is 0.665. The molecule has 0 aliphatic heterocycles. The highest BCUT2D eigenvalue weighted by atomic mass is 28.3. The molecule has 0 aliphatic rings. The summed E-state index contributed by atoms with van der Waals surface area (Å²) in [5, 5.41) is 10.1. The molecule has 10 aromatic carbocycles. The molecule has 0 unspecified atom stereocenters. The molecule has 0 amide bonds. The van der Waals surface area contributed by atoms with Crippen LogP contribution in [0.4, 0.5) is 0 Å². The van der Waals surface area contributed by atoms with Crippen molar-refractivity contribution in [2.45, 2.75) is 0 Å². The Morgan fingerprint density at radius 2 is 0.725 bits per heavy atom. The lowest BCUT2D eigenvalue weighted by molar-refractivity contribution is 1.05. The topological polar surface area (TPSA) is 35.6 Å². The lowest BCUT2D eigenvalue weighted by Crippen LogP contribution is -2.74. The zero-order valence-electron chi connectivity index (χ0n) is 37.7. The molecular formula is C64H44N4Si. The van der Waals surface area contributed by atoms with Gasteiger partial charge in [-0.1, -0.05) is 218 Å². The van der Waals surface area contributed by atoms with Crippen LogP contribution in [0, 0.1) is 0 Å². The van der Waals surface area contributed by atoms with Gasteiger partial charge in [-0.3, -0.25) is 4.57 Å². The molecule has 324 valence electrons. The maximum absolute atomic E-state index is 5.53. The summed E-state index contributed by atoms with van der Waals surface area (Å²) >= 11 is 0. The standard InChI is InChI=1S/C64H44N4Si/c1-5-20-45(21-6-1)47-22-19-23-48(42-47)58-44-63(68-61-35-18-15-32-56(61)57-43-49(38-41-62(57)68)67-59-33-16-13-30-54(59)55-31-14-17-34-60(55)67)66-64(65-58)46-36-39-53(40-37-46)69(50-24-7-2-8-25-50,51-26-9-3-10-27-51)52-28-11-4-12-29-52/h1-44H. The molecule has 5 heteroatoms. The predicted molar refractivity (Wildman–Crippen MR) is 291 cm³/mol. The second-order valence-corrected chi connectivity index (χ2v) is 21.5. The summed E-state index contributed by atoms with van der Waals surface area (Å²) in [4.78, 5) is 11.0. The van der Waals surface area contributed by atoms with Crippen molar-refractivity contribution in [1.29, 1.82) is 0 Å². The Balaban J connectivity index is 1.02. The first-order valence-corrected chi connectivity index (χ1v) is 25.6. The van der Waals surface area contributed by atoms with E-state index in [9.17, 15) is 0 Å². The third-order valence-electron chi connectivity index (χ3n) is 13.9. The minimum Gasteiger partial charge on any atom is -0.309 e. The quantitative estimate of drug-likeness (QED) is 0.107. The Labute approximate surface area is 401 Å². The van der Waals surface area contributed by atoms with Crippen molar-refractivity contribution in [3.8, 4) is 45.3 Å². The van der Waals surface area contributed by atoms with Gasteiger partial charge in [-0.15, -0.1) is 0 Å². The van der Waals surface area contributed by atoms with Gasteiger partial charge in [0.2, 0.25) is 0 Å². The number of fused-ring (bicyclic) bond motifs is 6. The molecule has 3 heterocycles. The van der Waals surface area contributed by atoms with Crippen LogP contribution in [-0.2, 0) is 0 Å². The van der Waals surface area contributed by atoms with E-state index in [2.05, 4.69) is 276 Å². The summed E-state index contributed by atoms with van der Waals surface area (Å²) in [6.45, 7) is 0. The molecule has 0 saturated carbocycles. The van der Waals surface area contributed by atoms with Gasteiger partial charge < -0.3 is 4.57 Å². The molecule has 69 heavy (non-hydrogen) atoms. The average molecular weight is 897 g/mol. The van der Waals surface area contributed by atoms with E-state index in [1.165, 1.54) is 42.6 Å². The van der Waals surface area contributed by atoms with Crippen molar-refractivity contribution in [2.24, 2.45) is 0 Å². The fraction of sp³-hybridized carbons (Fsp3) is 0. The van der Waals surface area contributed by atoms with Gasteiger partial charge in [0.15, 0.2) is 13.9 Å². The van der Waals surface area contributed by atoms with Crippen LogP contribution < -0.4 is 20.7 Å². The first-order valence-electron chi connectivity index (χ1n) is 23.6. The molecule has 13 aromatic rings. The monoisotopic (exact) mass is 896 g/mol. The van der Waals surface area contributed by atoms with Gasteiger partial charge in [0, 0.05) is 44.4 Å². The lowest BCUT2D eigenvalue weighted by Gasteiger charge is -2.34. The summed E-state index contributed by atoms with van der Waals surface area (Å²) in [7, 11) is -2.74. The number of hydrogen-bond acceptors (Lipinski definition) is 2. The highest BCUT2D eigenvalue weighted by Gasteiger charge is 2.41. The van der Waals surface area contributed by atoms with E-state index in [1.807, 2.05) is 0 Å². The average Bonchev–Trinajstić information content (AvgIpc) is 3.95. The van der Waals surface area contributed by atoms with E-state index < -0.39 is 8.07 Å². The number of hydrogen-bond donors (Lipinski definition) is 0. The van der Waals surface area contributed by atoms with Crippen LogP contribution in [0.15, 0.2) is 267 Å². The van der Waals surface area contributed by atoms with Gasteiger partial charge in [0.25, 0.3) is 0 Å². The molecule has 0 N–H and O–H groups in total. The zero-order valence-corrected chi connectivity index (χ0v) is 38.7. The Hall–Kier alpha value is -8.90. The molecule has 0 bridgehead atoms. The molecule has 0 fully saturated rings. The van der Waals surface area contributed by atoms with E-state index in [0.717, 1.165) is 61.3 Å². The second kappa shape index (κ2) is 16.8. The van der Waals surface area contributed by atoms with E-state index in [0.29, 0.717) is 5.82 Å². The van der Waals surface area contributed by atoms with Gasteiger partial charge in [-0.05, 0) is 74.3 Å². The SMILES string of the molecule is c1ccc(-c2cccc(-c3cc(-n4c5ccccc5c5cc(-n6c7ccccc7c7ccccc76)ccc54)nc(-c4ccc([Si](c5ccccc5)(c5ccccc5)c5ccccc5)cc4)n3)c2)cc1. The van der Waals surface area contributed by atoms with Crippen molar-refractivity contribution in [3.05, 3.63) is 267 Å². The van der Waals surface area contributed by atoms with Crippen LogP contribution in [-0.4, -0.2) is 27.2 Å². The molecular weight excluding hydrogens is 853 g/mol. The van der Waals surface area contributed by atoms with Gasteiger partial charge in [-0.2, -0.15) is 0 Å². The Morgan fingerprint density at radius 1 is 0.275 bits per heavy atom. The Morgan fingerprint density at radius 3 is 1.30 bits per heavy atom. The van der Waals surface area contributed by atoms with Crippen molar-refractivity contribution < 1.29 is 0 Å². The highest BCUT2D eigenvalue weighted by molar-refractivity contribution is 7.19. The summed E-state index contributed by atoms with van der Waals surface area (Å²) in [5.74, 6) is 1.47.